The van der Waals surface area contributed by atoms with Crippen molar-refractivity contribution in [3.63, 3.8) is 0 Å². The molecule has 2 aromatic rings. The summed E-state index contributed by atoms with van der Waals surface area (Å²) in [5.74, 6) is -0.395. The van der Waals surface area contributed by atoms with E-state index in [1.54, 1.807) is 4.90 Å². The molecule has 2 fully saturated rings. The molecule has 2 aliphatic rings. The highest BCUT2D eigenvalue weighted by molar-refractivity contribution is 6.00. The van der Waals surface area contributed by atoms with Crippen LogP contribution in [0.5, 0.6) is 5.88 Å². The third-order valence-electron chi connectivity index (χ3n) is 6.67. The molecule has 1 aliphatic carbocycles. The van der Waals surface area contributed by atoms with Gasteiger partial charge in [-0.1, -0.05) is 6.07 Å². The summed E-state index contributed by atoms with van der Waals surface area (Å²) in [6, 6.07) is 8.03. The zero-order valence-corrected chi connectivity index (χ0v) is 19.2. The van der Waals surface area contributed by atoms with E-state index in [0.717, 1.165) is 29.1 Å². The summed E-state index contributed by atoms with van der Waals surface area (Å²) in [5.41, 5.74) is 2.26. The molecule has 1 atom stereocenters. The summed E-state index contributed by atoms with van der Waals surface area (Å²) in [6.07, 6.45) is -0.926. The molecule has 1 aromatic heterocycles. The van der Waals surface area contributed by atoms with Crippen LogP contribution in [0.3, 0.4) is 0 Å². The summed E-state index contributed by atoms with van der Waals surface area (Å²) < 4.78 is 43.7. The Morgan fingerprint density at radius 1 is 1.09 bits per heavy atom. The number of amides is 2. The number of aromatic nitrogens is 1. The van der Waals surface area contributed by atoms with E-state index in [1.165, 1.54) is 6.07 Å². The van der Waals surface area contributed by atoms with Crippen molar-refractivity contribution in [2.45, 2.75) is 64.3 Å². The van der Waals surface area contributed by atoms with Gasteiger partial charge < -0.3 is 15.0 Å². The minimum absolute atomic E-state index is 0.0151. The van der Waals surface area contributed by atoms with Crippen molar-refractivity contribution in [3.8, 4) is 5.88 Å². The summed E-state index contributed by atoms with van der Waals surface area (Å²) in [7, 11) is 0. The Morgan fingerprint density at radius 3 is 2.44 bits per heavy atom. The van der Waals surface area contributed by atoms with Gasteiger partial charge >= 0.3 is 6.18 Å². The summed E-state index contributed by atoms with van der Waals surface area (Å²) >= 11 is 0. The minimum atomic E-state index is -4.43. The second-order valence-electron chi connectivity index (χ2n) is 9.16. The lowest BCUT2D eigenvalue weighted by molar-refractivity contribution is -0.137. The Bertz CT molecular complexity index is 1050. The topological polar surface area (TPSA) is 71.5 Å². The second kappa shape index (κ2) is 9.64. The van der Waals surface area contributed by atoms with E-state index in [0.29, 0.717) is 32.2 Å². The van der Waals surface area contributed by atoms with E-state index in [4.69, 9.17) is 4.74 Å². The Labute approximate surface area is 196 Å². The third kappa shape index (κ3) is 5.51. The molecular weight excluding hydrogens is 447 g/mol. The third-order valence-corrected chi connectivity index (χ3v) is 6.67. The Kier molecular flexibility index (Phi) is 6.81. The number of alkyl halides is 3. The van der Waals surface area contributed by atoms with Crippen molar-refractivity contribution in [1.82, 2.24) is 10.3 Å². The molecule has 9 heteroatoms. The van der Waals surface area contributed by atoms with Crippen molar-refractivity contribution in [2.75, 3.05) is 11.4 Å². The maximum atomic E-state index is 12.8. The molecule has 1 aliphatic heterocycles. The standard InChI is InChI=1S/C25H28F3N3O3/c1-15-3-7-20(11-16(15)2)31-14-17(12-23(31)32)24(33)30-19-5-8-21(9-6-19)34-22-10-4-18(13-29-22)25(26,27)28/h3-4,7,10-11,13,17,19,21H,5-6,8-9,12,14H2,1-2H3,(H,30,33). The molecule has 34 heavy (non-hydrogen) atoms. The van der Waals surface area contributed by atoms with E-state index in [-0.39, 0.29) is 42.2 Å². The highest BCUT2D eigenvalue weighted by atomic mass is 19.4. The number of rotatable bonds is 5. The average Bonchev–Trinajstić information content (AvgIpc) is 3.18. The summed E-state index contributed by atoms with van der Waals surface area (Å²) in [4.78, 5) is 30.8. The second-order valence-corrected chi connectivity index (χ2v) is 9.16. The molecule has 1 N–H and O–H groups in total. The fourth-order valence-electron chi connectivity index (χ4n) is 4.46. The number of hydrogen-bond donors (Lipinski definition) is 1. The van der Waals surface area contributed by atoms with Crippen LogP contribution in [0.1, 0.15) is 48.8 Å². The molecule has 182 valence electrons. The lowest BCUT2D eigenvalue weighted by Gasteiger charge is -2.30. The van der Waals surface area contributed by atoms with Crippen molar-refractivity contribution in [3.05, 3.63) is 53.2 Å². The minimum Gasteiger partial charge on any atom is -0.474 e. The highest BCUT2D eigenvalue weighted by Gasteiger charge is 2.36. The largest absolute Gasteiger partial charge is 0.474 e. The number of hydrogen-bond acceptors (Lipinski definition) is 4. The molecule has 2 amide bonds. The van der Waals surface area contributed by atoms with Crippen LogP contribution in [0.25, 0.3) is 0 Å². The van der Waals surface area contributed by atoms with Gasteiger partial charge in [-0.2, -0.15) is 13.2 Å². The molecular formula is C25H28F3N3O3. The fourth-order valence-corrected chi connectivity index (χ4v) is 4.46. The van der Waals surface area contributed by atoms with E-state index in [9.17, 15) is 22.8 Å². The predicted molar refractivity (Wildman–Crippen MR) is 120 cm³/mol. The number of ether oxygens (including phenoxy) is 1. The molecule has 1 aromatic carbocycles. The molecule has 1 unspecified atom stereocenters. The Balaban J connectivity index is 1.25. The van der Waals surface area contributed by atoms with Crippen LogP contribution in [-0.2, 0) is 15.8 Å². The van der Waals surface area contributed by atoms with Crippen molar-refractivity contribution in [2.24, 2.45) is 5.92 Å². The number of carbonyl (C=O) groups excluding carboxylic acids is 2. The Morgan fingerprint density at radius 2 is 1.82 bits per heavy atom. The molecule has 0 radical (unpaired) electrons. The number of nitrogens with one attached hydrogen (secondary N) is 1. The first kappa shape index (κ1) is 24.0. The quantitative estimate of drug-likeness (QED) is 0.688. The van der Waals surface area contributed by atoms with Crippen molar-refractivity contribution in [1.29, 1.82) is 0 Å². The first-order valence-corrected chi connectivity index (χ1v) is 11.5. The van der Waals surface area contributed by atoms with Gasteiger partial charge in [-0.25, -0.2) is 4.98 Å². The van der Waals surface area contributed by atoms with Gasteiger partial charge in [0.1, 0.15) is 6.10 Å². The maximum Gasteiger partial charge on any atom is 0.417 e. The smallest absolute Gasteiger partial charge is 0.417 e. The highest BCUT2D eigenvalue weighted by Crippen LogP contribution is 2.31. The number of benzene rings is 1. The maximum absolute atomic E-state index is 12.8. The van der Waals surface area contributed by atoms with Crippen LogP contribution in [0.15, 0.2) is 36.5 Å². The summed E-state index contributed by atoms with van der Waals surface area (Å²) in [5, 5.41) is 3.07. The lowest BCUT2D eigenvalue weighted by atomic mass is 9.92. The van der Waals surface area contributed by atoms with Crippen molar-refractivity contribution < 1.29 is 27.5 Å². The number of pyridine rings is 1. The van der Waals surface area contributed by atoms with Gasteiger partial charge in [-0.05, 0) is 68.9 Å². The van der Waals surface area contributed by atoms with Crippen molar-refractivity contribution >= 4 is 17.5 Å². The van der Waals surface area contributed by atoms with Crippen LogP contribution in [-0.4, -0.2) is 35.5 Å². The number of halogens is 3. The number of nitrogens with zero attached hydrogens (tertiary/aromatic N) is 2. The van der Waals surface area contributed by atoms with Gasteiger partial charge in [0.05, 0.1) is 11.5 Å². The zero-order chi connectivity index (χ0) is 24.5. The van der Waals surface area contributed by atoms with E-state index >= 15 is 0 Å². The summed E-state index contributed by atoms with van der Waals surface area (Å²) in [6.45, 7) is 4.38. The first-order valence-electron chi connectivity index (χ1n) is 11.5. The van der Waals surface area contributed by atoms with Gasteiger partial charge in [0, 0.05) is 37.0 Å². The van der Waals surface area contributed by atoms with Gasteiger partial charge in [0.2, 0.25) is 17.7 Å². The van der Waals surface area contributed by atoms with Crippen LogP contribution in [0, 0.1) is 19.8 Å². The SMILES string of the molecule is Cc1ccc(N2CC(C(=O)NC3CCC(Oc4ccc(C(F)(F)F)cn4)CC3)CC2=O)cc1C. The van der Waals surface area contributed by atoms with E-state index in [2.05, 4.69) is 10.3 Å². The van der Waals surface area contributed by atoms with Crippen LogP contribution in [0.2, 0.25) is 0 Å². The van der Waals surface area contributed by atoms with Gasteiger partial charge in [0.25, 0.3) is 0 Å². The van der Waals surface area contributed by atoms with E-state index < -0.39 is 11.7 Å². The normalized spacial score (nSPS) is 23.1. The average molecular weight is 476 g/mol. The lowest BCUT2D eigenvalue weighted by Crippen LogP contribution is -2.43. The van der Waals surface area contributed by atoms with Crippen LogP contribution in [0.4, 0.5) is 18.9 Å². The number of carbonyl (C=O) groups is 2. The molecule has 1 saturated heterocycles. The predicted octanol–water partition coefficient (Wildman–Crippen LogP) is 4.58. The molecule has 4 rings (SSSR count). The van der Waals surface area contributed by atoms with Crippen LogP contribution >= 0.6 is 0 Å². The molecule has 1 saturated carbocycles. The molecule has 0 spiro atoms. The van der Waals surface area contributed by atoms with Gasteiger partial charge in [-0.3, -0.25) is 9.59 Å². The van der Waals surface area contributed by atoms with E-state index in [1.807, 2.05) is 32.0 Å². The fraction of sp³-hybridized carbons (Fsp3) is 0.480. The van der Waals surface area contributed by atoms with Gasteiger partial charge in [0.15, 0.2) is 0 Å². The Hall–Kier alpha value is -3.10. The monoisotopic (exact) mass is 475 g/mol. The zero-order valence-electron chi connectivity index (χ0n) is 19.2. The molecule has 0 bridgehead atoms. The number of anilines is 1. The van der Waals surface area contributed by atoms with Crippen LogP contribution < -0.4 is 15.0 Å². The van der Waals surface area contributed by atoms with Gasteiger partial charge in [-0.15, -0.1) is 0 Å². The molecule has 2 heterocycles. The first-order chi connectivity index (χ1) is 16.1. The molecule has 6 nitrogen and oxygen atoms in total. The number of aryl methyl sites for hydroxylation is 2.